The molecule has 1 heterocycles. The number of halogens is 1. The molecule has 1 nitrogen and oxygen atoms in total. The van der Waals surface area contributed by atoms with Crippen molar-refractivity contribution in [3.05, 3.63) is 0 Å². The maximum atomic E-state index is 6.09. The van der Waals surface area contributed by atoms with Crippen LogP contribution in [0.2, 0.25) is 0 Å². The van der Waals surface area contributed by atoms with E-state index < -0.39 is 0 Å². The second kappa shape index (κ2) is 2.71. The van der Waals surface area contributed by atoms with E-state index in [-0.39, 0.29) is 0 Å². The van der Waals surface area contributed by atoms with Gasteiger partial charge in [-0.25, -0.2) is 0 Å². The third kappa shape index (κ3) is 1.30. The maximum Gasteiger partial charge on any atom is 0.0342 e. The van der Waals surface area contributed by atoms with Crippen molar-refractivity contribution in [1.82, 2.24) is 5.32 Å². The van der Waals surface area contributed by atoms with E-state index in [1.54, 1.807) is 0 Å². The van der Waals surface area contributed by atoms with Gasteiger partial charge in [-0.2, -0.15) is 0 Å². The number of hydrogen-bond acceptors (Lipinski definition) is 1. The summed E-state index contributed by atoms with van der Waals surface area (Å²) in [5, 5.41) is 3.93. The van der Waals surface area contributed by atoms with Gasteiger partial charge in [-0.05, 0) is 44.2 Å². The summed E-state index contributed by atoms with van der Waals surface area (Å²) in [6.07, 6.45) is 3.91. The summed E-state index contributed by atoms with van der Waals surface area (Å²) in [6, 6.07) is 0. The van der Waals surface area contributed by atoms with E-state index in [0.29, 0.717) is 5.38 Å². The first-order chi connectivity index (χ1) is 4.84. The van der Waals surface area contributed by atoms with Crippen LogP contribution < -0.4 is 5.32 Å². The van der Waals surface area contributed by atoms with Crippen LogP contribution in [0, 0.1) is 11.8 Å². The quantitative estimate of drug-likeness (QED) is 0.530. The highest BCUT2D eigenvalue weighted by molar-refractivity contribution is 6.20. The van der Waals surface area contributed by atoms with E-state index in [0.717, 1.165) is 11.8 Å². The molecule has 1 N–H and O–H groups in total. The average molecular weight is 160 g/mol. The Bertz CT molecular complexity index is 110. The van der Waals surface area contributed by atoms with Crippen molar-refractivity contribution in [2.24, 2.45) is 11.8 Å². The number of hydrogen-bond donors (Lipinski definition) is 1. The number of piperidine rings is 1. The standard InChI is InChI=1S/C8H14ClN/c9-8-2-6-1-7(3-8)5-10-4-6/h6-8,10H,1-5H2/t6-,7+,8?. The molecule has 1 aliphatic heterocycles. The third-order valence-electron chi connectivity index (χ3n) is 2.71. The van der Waals surface area contributed by atoms with E-state index >= 15 is 0 Å². The van der Waals surface area contributed by atoms with Gasteiger partial charge in [-0.1, -0.05) is 0 Å². The first kappa shape index (κ1) is 6.93. The fourth-order valence-corrected chi connectivity index (χ4v) is 2.81. The molecule has 0 aromatic carbocycles. The lowest BCUT2D eigenvalue weighted by atomic mass is 9.78. The minimum atomic E-state index is 0.478. The first-order valence-electron chi connectivity index (χ1n) is 4.19. The molecule has 2 bridgehead atoms. The van der Waals surface area contributed by atoms with Gasteiger partial charge in [0.1, 0.15) is 0 Å². The van der Waals surface area contributed by atoms with Crippen LogP contribution >= 0.6 is 11.6 Å². The summed E-state index contributed by atoms with van der Waals surface area (Å²) in [7, 11) is 0. The van der Waals surface area contributed by atoms with Crippen molar-refractivity contribution in [2.45, 2.75) is 24.6 Å². The van der Waals surface area contributed by atoms with Crippen LogP contribution in [-0.2, 0) is 0 Å². The van der Waals surface area contributed by atoms with E-state index in [2.05, 4.69) is 5.32 Å². The molecular weight excluding hydrogens is 146 g/mol. The predicted octanol–water partition coefficient (Wildman–Crippen LogP) is 1.61. The molecule has 2 fully saturated rings. The number of nitrogens with one attached hydrogen (secondary N) is 1. The molecule has 1 saturated carbocycles. The van der Waals surface area contributed by atoms with Crippen LogP contribution in [0.25, 0.3) is 0 Å². The smallest absolute Gasteiger partial charge is 0.0342 e. The van der Waals surface area contributed by atoms with Gasteiger partial charge in [0.2, 0.25) is 0 Å². The SMILES string of the molecule is ClC1C[C@H]2CNC[C@@H](C1)C2. The molecule has 58 valence electrons. The highest BCUT2D eigenvalue weighted by Gasteiger charge is 2.30. The summed E-state index contributed by atoms with van der Waals surface area (Å²) in [5.41, 5.74) is 0. The predicted molar refractivity (Wildman–Crippen MR) is 43.3 cm³/mol. The minimum absolute atomic E-state index is 0.478. The largest absolute Gasteiger partial charge is 0.316 e. The molecule has 2 heteroatoms. The van der Waals surface area contributed by atoms with Crippen LogP contribution in [0.4, 0.5) is 0 Å². The van der Waals surface area contributed by atoms with Crippen molar-refractivity contribution in [2.75, 3.05) is 13.1 Å². The zero-order valence-electron chi connectivity index (χ0n) is 6.15. The normalized spacial score (nSPS) is 47.1. The minimum Gasteiger partial charge on any atom is -0.316 e. The zero-order chi connectivity index (χ0) is 6.97. The molecule has 0 amide bonds. The van der Waals surface area contributed by atoms with Gasteiger partial charge >= 0.3 is 0 Å². The molecule has 3 atom stereocenters. The van der Waals surface area contributed by atoms with Crippen molar-refractivity contribution in [3.63, 3.8) is 0 Å². The second-order valence-corrected chi connectivity index (χ2v) is 4.31. The molecule has 0 radical (unpaired) electrons. The van der Waals surface area contributed by atoms with Crippen molar-refractivity contribution in [3.8, 4) is 0 Å². The molecule has 0 aromatic heterocycles. The third-order valence-corrected chi connectivity index (χ3v) is 3.07. The molecule has 1 saturated heterocycles. The molecule has 2 aliphatic rings. The second-order valence-electron chi connectivity index (χ2n) is 3.69. The molecular formula is C8H14ClN. The van der Waals surface area contributed by atoms with E-state index in [4.69, 9.17) is 11.6 Å². The summed E-state index contributed by atoms with van der Waals surface area (Å²) in [6.45, 7) is 2.42. The van der Waals surface area contributed by atoms with E-state index in [9.17, 15) is 0 Å². The summed E-state index contributed by atoms with van der Waals surface area (Å²) in [5.74, 6) is 1.77. The summed E-state index contributed by atoms with van der Waals surface area (Å²) < 4.78 is 0. The van der Waals surface area contributed by atoms with Gasteiger partial charge in [-0.15, -0.1) is 11.6 Å². The molecule has 0 spiro atoms. The highest BCUT2D eigenvalue weighted by atomic mass is 35.5. The Balaban J connectivity index is 1.98. The van der Waals surface area contributed by atoms with Crippen LogP contribution in [0.15, 0.2) is 0 Å². The fourth-order valence-electron chi connectivity index (χ4n) is 2.31. The van der Waals surface area contributed by atoms with Gasteiger partial charge in [0.05, 0.1) is 0 Å². The lowest BCUT2D eigenvalue weighted by Crippen LogP contribution is -2.41. The first-order valence-corrected chi connectivity index (χ1v) is 4.63. The van der Waals surface area contributed by atoms with Gasteiger partial charge in [0.15, 0.2) is 0 Å². The summed E-state index contributed by atoms with van der Waals surface area (Å²) in [4.78, 5) is 0. The molecule has 10 heavy (non-hydrogen) atoms. The lowest BCUT2D eigenvalue weighted by Gasteiger charge is -2.37. The van der Waals surface area contributed by atoms with Crippen molar-refractivity contribution in [1.29, 1.82) is 0 Å². The zero-order valence-corrected chi connectivity index (χ0v) is 6.90. The van der Waals surface area contributed by atoms with Crippen molar-refractivity contribution >= 4 is 11.6 Å². The van der Waals surface area contributed by atoms with Crippen LogP contribution in [0.3, 0.4) is 0 Å². The Morgan fingerprint density at radius 3 is 2.20 bits per heavy atom. The molecule has 0 aromatic rings. The van der Waals surface area contributed by atoms with Gasteiger partial charge in [-0.3, -0.25) is 0 Å². The number of fused-ring (bicyclic) bond motifs is 2. The molecule has 1 aliphatic carbocycles. The Kier molecular flexibility index (Phi) is 1.88. The average Bonchev–Trinajstić information content (AvgIpc) is 1.85. The topological polar surface area (TPSA) is 12.0 Å². The Morgan fingerprint density at radius 2 is 1.60 bits per heavy atom. The Hall–Kier alpha value is 0.250. The van der Waals surface area contributed by atoms with Crippen LogP contribution in [0.1, 0.15) is 19.3 Å². The monoisotopic (exact) mass is 159 g/mol. The van der Waals surface area contributed by atoms with E-state index in [1.165, 1.54) is 32.4 Å². The maximum absolute atomic E-state index is 6.09. The van der Waals surface area contributed by atoms with Gasteiger partial charge in [0.25, 0.3) is 0 Å². The molecule has 1 unspecified atom stereocenters. The summed E-state index contributed by atoms with van der Waals surface area (Å²) >= 11 is 6.09. The Morgan fingerprint density at radius 1 is 1.00 bits per heavy atom. The number of rotatable bonds is 0. The Labute approximate surface area is 67.1 Å². The van der Waals surface area contributed by atoms with E-state index in [1.807, 2.05) is 0 Å². The highest BCUT2D eigenvalue weighted by Crippen LogP contribution is 2.33. The van der Waals surface area contributed by atoms with Gasteiger partial charge < -0.3 is 5.32 Å². The number of alkyl halides is 1. The van der Waals surface area contributed by atoms with Crippen LogP contribution in [0.5, 0.6) is 0 Å². The van der Waals surface area contributed by atoms with Gasteiger partial charge in [0, 0.05) is 5.38 Å². The van der Waals surface area contributed by atoms with Crippen LogP contribution in [-0.4, -0.2) is 18.5 Å². The van der Waals surface area contributed by atoms with Crippen molar-refractivity contribution < 1.29 is 0 Å². The molecule has 2 rings (SSSR count). The lowest BCUT2D eigenvalue weighted by molar-refractivity contribution is 0.211. The fraction of sp³-hybridized carbons (Fsp3) is 1.00.